The maximum atomic E-state index is 11.5. The van der Waals surface area contributed by atoms with Crippen LogP contribution in [0.15, 0.2) is 0 Å². The fraction of sp³-hybridized carbons (Fsp3) is 0.857. The van der Waals surface area contributed by atoms with E-state index in [1.54, 1.807) is 20.8 Å². The van der Waals surface area contributed by atoms with E-state index in [9.17, 15) is 9.36 Å². The van der Waals surface area contributed by atoms with E-state index in [0.717, 1.165) is 0 Å². The van der Waals surface area contributed by atoms with Gasteiger partial charge < -0.3 is 4.52 Å². The lowest BCUT2D eigenvalue weighted by atomic mass is 10.3. The van der Waals surface area contributed by atoms with Crippen molar-refractivity contribution in [3.8, 4) is 0 Å². The summed E-state index contributed by atoms with van der Waals surface area (Å²) in [5, 5.41) is 0. The van der Waals surface area contributed by atoms with Gasteiger partial charge in [-0.05, 0) is 0 Å². The zero-order valence-electron chi connectivity index (χ0n) is 7.46. The van der Waals surface area contributed by atoms with Gasteiger partial charge in [-0.25, -0.2) is 0 Å². The van der Waals surface area contributed by atoms with Crippen molar-refractivity contribution in [1.29, 1.82) is 0 Å². The summed E-state index contributed by atoms with van der Waals surface area (Å²) in [5.41, 5.74) is -0.262. The minimum absolute atomic E-state index is 0.208. The van der Waals surface area contributed by atoms with E-state index in [1.807, 2.05) is 0 Å². The van der Waals surface area contributed by atoms with Gasteiger partial charge >= 0.3 is 0 Å². The lowest BCUT2D eigenvalue weighted by Gasteiger charge is -2.14. The number of hydrogen-bond donors (Lipinski definition) is 0. The van der Waals surface area contributed by atoms with Gasteiger partial charge in [0.25, 0.3) is 7.37 Å². The predicted octanol–water partition coefficient (Wildman–Crippen LogP) is 2.11. The van der Waals surface area contributed by atoms with E-state index in [1.165, 1.54) is 7.11 Å². The Hall–Kier alpha value is -0.140. The first kappa shape index (κ1) is 10.9. The lowest BCUT2D eigenvalue weighted by molar-refractivity contribution is -0.115. The van der Waals surface area contributed by atoms with E-state index in [-0.39, 0.29) is 11.4 Å². The molecule has 0 amide bonds. The number of carbonyl (C=O) groups is 1. The van der Waals surface area contributed by atoms with Crippen LogP contribution < -0.4 is 0 Å². The smallest absolute Gasteiger partial charge is 0.266 e. The second-order valence-electron chi connectivity index (χ2n) is 2.67. The van der Waals surface area contributed by atoms with Crippen molar-refractivity contribution in [2.24, 2.45) is 5.92 Å². The van der Waals surface area contributed by atoms with Crippen LogP contribution in [0.2, 0.25) is 0 Å². The molecule has 0 aromatic carbocycles. The highest BCUT2D eigenvalue weighted by Gasteiger charge is 2.31. The molecule has 4 heteroatoms. The Morgan fingerprint density at radius 2 is 2.00 bits per heavy atom. The second kappa shape index (κ2) is 4.03. The maximum Gasteiger partial charge on any atom is 0.266 e. The van der Waals surface area contributed by atoms with Crippen molar-refractivity contribution in [3.05, 3.63) is 0 Å². The molecule has 0 radical (unpaired) electrons. The fourth-order valence-corrected chi connectivity index (χ4v) is 2.30. The molecule has 66 valence electrons. The molecule has 3 nitrogen and oxygen atoms in total. The molecule has 0 aliphatic rings. The van der Waals surface area contributed by atoms with Crippen molar-refractivity contribution in [2.45, 2.75) is 20.8 Å². The Balaban J connectivity index is 4.52. The van der Waals surface area contributed by atoms with Crippen LogP contribution in [0.4, 0.5) is 0 Å². The lowest BCUT2D eigenvalue weighted by Crippen LogP contribution is -2.10. The average molecular weight is 178 g/mol. The molecule has 0 aliphatic heterocycles. The highest BCUT2D eigenvalue weighted by molar-refractivity contribution is 7.76. The molecule has 0 aliphatic carbocycles. The molecule has 0 heterocycles. The first-order chi connectivity index (χ1) is 4.98. The van der Waals surface area contributed by atoms with Crippen LogP contribution in [0, 0.1) is 5.92 Å². The Kier molecular flexibility index (Phi) is 3.98. The molecule has 0 aromatic rings. The Bertz CT molecular complexity index is 178. The Labute approximate surface area is 67.6 Å². The van der Waals surface area contributed by atoms with Gasteiger partial charge in [0.15, 0.2) is 0 Å². The molecule has 0 saturated carbocycles. The van der Waals surface area contributed by atoms with Crippen LogP contribution in [0.1, 0.15) is 20.8 Å². The molecule has 0 rings (SSSR count). The summed E-state index contributed by atoms with van der Waals surface area (Å²) in [5.74, 6) is -0.208. The molecule has 11 heavy (non-hydrogen) atoms. The van der Waals surface area contributed by atoms with Crippen LogP contribution in [0.25, 0.3) is 0 Å². The fourth-order valence-electron chi connectivity index (χ4n) is 0.768. The van der Waals surface area contributed by atoms with Crippen LogP contribution in [0.5, 0.6) is 0 Å². The van der Waals surface area contributed by atoms with Crippen LogP contribution in [-0.2, 0) is 13.9 Å². The molecule has 1 unspecified atom stereocenters. The summed E-state index contributed by atoms with van der Waals surface area (Å²) in [7, 11) is -1.64. The minimum Gasteiger partial charge on any atom is -0.327 e. The van der Waals surface area contributed by atoms with E-state index in [2.05, 4.69) is 0 Å². The third-order valence-corrected chi connectivity index (χ3v) is 4.15. The average Bonchev–Trinajstić information content (AvgIpc) is 2.01. The summed E-state index contributed by atoms with van der Waals surface area (Å²) < 4.78 is 16.2. The van der Waals surface area contributed by atoms with E-state index in [4.69, 9.17) is 4.52 Å². The highest BCUT2D eigenvalue weighted by Crippen LogP contribution is 2.48. The quantitative estimate of drug-likeness (QED) is 0.619. The van der Waals surface area contributed by atoms with Crippen molar-refractivity contribution in [1.82, 2.24) is 0 Å². The summed E-state index contributed by atoms with van der Waals surface area (Å²) in [6.07, 6.45) is 0.292. The standard InChI is InChI=1S/C7H15O3P/c1-5-11(9,10-4)7(8)6(2)3/h6H,5H2,1-4H3. The number of rotatable bonds is 4. The van der Waals surface area contributed by atoms with E-state index >= 15 is 0 Å². The van der Waals surface area contributed by atoms with Crippen molar-refractivity contribution in [3.63, 3.8) is 0 Å². The molecule has 0 N–H and O–H groups in total. The van der Waals surface area contributed by atoms with Crippen molar-refractivity contribution in [2.75, 3.05) is 13.3 Å². The largest absolute Gasteiger partial charge is 0.327 e. The van der Waals surface area contributed by atoms with Gasteiger partial charge in [0.1, 0.15) is 0 Å². The van der Waals surface area contributed by atoms with Gasteiger partial charge in [0.05, 0.1) is 0 Å². The highest BCUT2D eigenvalue weighted by atomic mass is 31.2. The van der Waals surface area contributed by atoms with E-state index in [0.29, 0.717) is 6.16 Å². The predicted molar refractivity (Wildman–Crippen MR) is 45.0 cm³/mol. The van der Waals surface area contributed by atoms with Crippen LogP contribution in [-0.4, -0.2) is 18.8 Å². The first-order valence-electron chi connectivity index (χ1n) is 3.67. The first-order valence-corrected chi connectivity index (χ1v) is 5.48. The zero-order valence-corrected chi connectivity index (χ0v) is 8.35. The van der Waals surface area contributed by atoms with Gasteiger partial charge in [-0.15, -0.1) is 0 Å². The van der Waals surface area contributed by atoms with Crippen LogP contribution in [0.3, 0.4) is 0 Å². The molecule has 0 bridgehead atoms. The summed E-state index contributed by atoms with van der Waals surface area (Å²) in [4.78, 5) is 11.2. The van der Waals surface area contributed by atoms with Crippen LogP contribution >= 0.6 is 7.37 Å². The topological polar surface area (TPSA) is 43.4 Å². The maximum absolute atomic E-state index is 11.5. The summed E-state index contributed by atoms with van der Waals surface area (Å²) >= 11 is 0. The Morgan fingerprint density at radius 3 is 2.09 bits per heavy atom. The van der Waals surface area contributed by atoms with Crippen molar-refractivity contribution >= 4 is 12.9 Å². The monoisotopic (exact) mass is 178 g/mol. The molecular formula is C7H15O3P. The summed E-state index contributed by atoms with van der Waals surface area (Å²) in [6.45, 7) is 5.15. The van der Waals surface area contributed by atoms with Gasteiger partial charge in [-0.3, -0.25) is 9.36 Å². The minimum atomic E-state index is -2.97. The van der Waals surface area contributed by atoms with Gasteiger partial charge in [0, 0.05) is 19.2 Å². The third-order valence-electron chi connectivity index (χ3n) is 1.54. The van der Waals surface area contributed by atoms with Crippen molar-refractivity contribution < 1.29 is 13.9 Å². The van der Waals surface area contributed by atoms with E-state index < -0.39 is 7.37 Å². The molecule has 1 atom stereocenters. The number of hydrogen-bond acceptors (Lipinski definition) is 3. The molecule has 0 fully saturated rings. The molecule has 0 saturated heterocycles. The normalized spacial score (nSPS) is 16.5. The SMILES string of the molecule is CCP(=O)(OC)C(=O)C(C)C. The molecule has 0 aromatic heterocycles. The zero-order chi connectivity index (χ0) is 9.07. The van der Waals surface area contributed by atoms with Gasteiger partial charge in [-0.2, -0.15) is 0 Å². The van der Waals surface area contributed by atoms with Gasteiger partial charge in [-0.1, -0.05) is 20.8 Å². The molecule has 0 spiro atoms. The van der Waals surface area contributed by atoms with Gasteiger partial charge in [0.2, 0.25) is 5.52 Å². The Morgan fingerprint density at radius 1 is 1.55 bits per heavy atom. The second-order valence-corrected chi connectivity index (χ2v) is 5.45. The number of carbonyl (C=O) groups excluding carboxylic acids is 1. The molecular weight excluding hydrogens is 163 g/mol. The third kappa shape index (κ3) is 2.42. The summed E-state index contributed by atoms with van der Waals surface area (Å²) in [6, 6.07) is 0.